The first-order chi connectivity index (χ1) is 13.0. The normalized spacial score (nSPS) is 17.5. The Hall–Kier alpha value is -3.02. The van der Waals surface area contributed by atoms with E-state index in [1.807, 2.05) is 37.3 Å². The van der Waals surface area contributed by atoms with Gasteiger partial charge < -0.3 is 19.7 Å². The molecule has 2 aromatic carbocycles. The molecule has 0 saturated carbocycles. The highest BCUT2D eigenvalue weighted by atomic mass is 16.5. The SMILES string of the molecule is COc1ccc(N2C[C@@H](C(=O)N[C@H](C)c3ccccc3)CC2=O)c(OC)c1. The van der Waals surface area contributed by atoms with Gasteiger partial charge in [0.2, 0.25) is 11.8 Å². The van der Waals surface area contributed by atoms with E-state index in [0.29, 0.717) is 23.7 Å². The Morgan fingerprint density at radius 2 is 1.89 bits per heavy atom. The van der Waals surface area contributed by atoms with Gasteiger partial charge in [0.25, 0.3) is 0 Å². The van der Waals surface area contributed by atoms with E-state index in [9.17, 15) is 9.59 Å². The van der Waals surface area contributed by atoms with Crippen molar-refractivity contribution in [2.75, 3.05) is 25.7 Å². The van der Waals surface area contributed by atoms with Crippen LogP contribution in [0.5, 0.6) is 11.5 Å². The maximum Gasteiger partial charge on any atom is 0.227 e. The minimum absolute atomic E-state index is 0.0917. The van der Waals surface area contributed by atoms with Gasteiger partial charge in [-0.25, -0.2) is 0 Å². The summed E-state index contributed by atoms with van der Waals surface area (Å²) in [6.45, 7) is 2.27. The lowest BCUT2D eigenvalue weighted by atomic mass is 10.1. The molecular weight excluding hydrogens is 344 g/mol. The number of benzene rings is 2. The van der Waals surface area contributed by atoms with E-state index in [0.717, 1.165) is 5.56 Å². The van der Waals surface area contributed by atoms with Crippen LogP contribution in [0.1, 0.15) is 24.9 Å². The van der Waals surface area contributed by atoms with Gasteiger partial charge in [-0.15, -0.1) is 0 Å². The maximum atomic E-state index is 12.7. The van der Waals surface area contributed by atoms with Gasteiger partial charge in [-0.3, -0.25) is 9.59 Å². The van der Waals surface area contributed by atoms with Crippen molar-refractivity contribution in [1.29, 1.82) is 0 Å². The minimum atomic E-state index is -0.393. The zero-order valence-corrected chi connectivity index (χ0v) is 15.8. The summed E-state index contributed by atoms with van der Waals surface area (Å²) in [6, 6.07) is 14.9. The molecule has 1 heterocycles. The van der Waals surface area contributed by atoms with Crippen LogP contribution >= 0.6 is 0 Å². The summed E-state index contributed by atoms with van der Waals surface area (Å²) < 4.78 is 10.6. The number of carbonyl (C=O) groups excluding carboxylic acids is 2. The monoisotopic (exact) mass is 368 g/mol. The number of hydrogen-bond acceptors (Lipinski definition) is 4. The predicted octanol–water partition coefficient (Wildman–Crippen LogP) is 2.93. The Kier molecular flexibility index (Phi) is 5.64. The van der Waals surface area contributed by atoms with Gasteiger partial charge >= 0.3 is 0 Å². The first-order valence-electron chi connectivity index (χ1n) is 8.91. The minimum Gasteiger partial charge on any atom is -0.497 e. The average molecular weight is 368 g/mol. The molecule has 0 aliphatic carbocycles. The molecule has 2 amide bonds. The van der Waals surface area contributed by atoms with E-state index in [-0.39, 0.29) is 24.3 Å². The highest BCUT2D eigenvalue weighted by Gasteiger charge is 2.36. The van der Waals surface area contributed by atoms with Crippen LogP contribution in [-0.4, -0.2) is 32.6 Å². The summed E-state index contributed by atoms with van der Waals surface area (Å²) >= 11 is 0. The van der Waals surface area contributed by atoms with Crippen LogP contribution in [0.3, 0.4) is 0 Å². The number of nitrogens with one attached hydrogen (secondary N) is 1. The summed E-state index contributed by atoms with van der Waals surface area (Å²) in [6.07, 6.45) is 0.183. The molecule has 1 fully saturated rings. The second-order valence-corrected chi connectivity index (χ2v) is 6.58. The third-order valence-corrected chi connectivity index (χ3v) is 4.83. The number of nitrogens with zero attached hydrogens (tertiary/aromatic N) is 1. The van der Waals surface area contributed by atoms with Gasteiger partial charge in [-0.05, 0) is 24.6 Å². The highest BCUT2D eigenvalue weighted by molar-refractivity contribution is 6.01. The molecule has 0 aromatic heterocycles. The Bertz CT molecular complexity index is 822. The van der Waals surface area contributed by atoms with Gasteiger partial charge in [0.1, 0.15) is 11.5 Å². The Balaban J connectivity index is 1.71. The lowest BCUT2D eigenvalue weighted by Gasteiger charge is -2.21. The summed E-state index contributed by atoms with van der Waals surface area (Å²) in [5.74, 6) is 0.589. The van der Waals surface area contributed by atoms with Gasteiger partial charge in [0.05, 0.1) is 31.9 Å². The van der Waals surface area contributed by atoms with Crippen LogP contribution < -0.4 is 19.7 Å². The zero-order valence-electron chi connectivity index (χ0n) is 15.8. The molecule has 6 nitrogen and oxygen atoms in total. The van der Waals surface area contributed by atoms with Crippen LogP contribution in [0.2, 0.25) is 0 Å². The van der Waals surface area contributed by atoms with Crippen molar-refractivity contribution < 1.29 is 19.1 Å². The fourth-order valence-corrected chi connectivity index (χ4v) is 3.28. The fraction of sp³-hybridized carbons (Fsp3) is 0.333. The van der Waals surface area contributed by atoms with Crippen molar-refractivity contribution in [3.05, 3.63) is 54.1 Å². The van der Waals surface area contributed by atoms with E-state index in [2.05, 4.69) is 5.32 Å². The number of anilines is 1. The molecule has 142 valence electrons. The largest absolute Gasteiger partial charge is 0.497 e. The molecule has 0 spiro atoms. The topological polar surface area (TPSA) is 67.9 Å². The lowest BCUT2D eigenvalue weighted by Crippen LogP contribution is -2.34. The third kappa shape index (κ3) is 4.05. The smallest absolute Gasteiger partial charge is 0.227 e. The van der Waals surface area contributed by atoms with Crippen molar-refractivity contribution in [2.24, 2.45) is 5.92 Å². The molecule has 1 aliphatic heterocycles. The first kappa shape index (κ1) is 18.8. The molecule has 6 heteroatoms. The second kappa shape index (κ2) is 8.12. The number of ether oxygens (including phenoxy) is 2. The molecule has 1 N–H and O–H groups in total. The van der Waals surface area contributed by atoms with Crippen LogP contribution in [-0.2, 0) is 9.59 Å². The third-order valence-electron chi connectivity index (χ3n) is 4.83. The van der Waals surface area contributed by atoms with Gasteiger partial charge in [-0.1, -0.05) is 30.3 Å². The van der Waals surface area contributed by atoms with Crippen molar-refractivity contribution in [1.82, 2.24) is 5.32 Å². The van der Waals surface area contributed by atoms with Crippen molar-refractivity contribution in [3.8, 4) is 11.5 Å². The Labute approximate surface area is 159 Å². The fourth-order valence-electron chi connectivity index (χ4n) is 3.28. The van der Waals surface area contributed by atoms with E-state index in [4.69, 9.17) is 9.47 Å². The number of amides is 2. The predicted molar refractivity (Wildman–Crippen MR) is 103 cm³/mol. The van der Waals surface area contributed by atoms with Gasteiger partial charge in [0, 0.05) is 19.0 Å². The summed E-state index contributed by atoms with van der Waals surface area (Å²) in [5, 5.41) is 3.01. The summed E-state index contributed by atoms with van der Waals surface area (Å²) in [4.78, 5) is 26.8. The molecule has 1 saturated heterocycles. The van der Waals surface area contributed by atoms with E-state index < -0.39 is 5.92 Å². The van der Waals surface area contributed by atoms with Crippen molar-refractivity contribution in [3.63, 3.8) is 0 Å². The van der Waals surface area contributed by atoms with Gasteiger partial charge in [-0.2, -0.15) is 0 Å². The van der Waals surface area contributed by atoms with Crippen molar-refractivity contribution >= 4 is 17.5 Å². The van der Waals surface area contributed by atoms with Gasteiger partial charge in [0.15, 0.2) is 0 Å². The Morgan fingerprint density at radius 1 is 1.15 bits per heavy atom. The second-order valence-electron chi connectivity index (χ2n) is 6.58. The van der Waals surface area contributed by atoms with Crippen LogP contribution in [0.4, 0.5) is 5.69 Å². The number of hydrogen-bond donors (Lipinski definition) is 1. The van der Waals surface area contributed by atoms with Crippen molar-refractivity contribution in [2.45, 2.75) is 19.4 Å². The molecule has 0 radical (unpaired) electrons. The van der Waals surface area contributed by atoms with Crippen LogP contribution in [0, 0.1) is 5.92 Å². The summed E-state index contributed by atoms with van der Waals surface area (Å²) in [7, 11) is 3.12. The Morgan fingerprint density at radius 3 is 2.56 bits per heavy atom. The quantitative estimate of drug-likeness (QED) is 0.851. The summed E-state index contributed by atoms with van der Waals surface area (Å²) in [5.41, 5.74) is 1.68. The molecule has 3 rings (SSSR count). The standard InChI is InChI=1S/C21H24N2O4/c1-14(15-7-5-4-6-8-15)22-21(25)16-11-20(24)23(13-16)18-10-9-17(26-2)12-19(18)27-3/h4-10,12,14,16H,11,13H2,1-3H3,(H,22,25)/t14-,16+/m1/s1. The van der Waals surface area contributed by atoms with E-state index in [1.165, 1.54) is 0 Å². The van der Waals surface area contributed by atoms with Crippen LogP contribution in [0.15, 0.2) is 48.5 Å². The highest BCUT2D eigenvalue weighted by Crippen LogP contribution is 2.35. The maximum absolute atomic E-state index is 12.7. The molecule has 2 aromatic rings. The van der Waals surface area contributed by atoms with E-state index in [1.54, 1.807) is 37.3 Å². The lowest BCUT2D eigenvalue weighted by molar-refractivity contribution is -0.126. The molecule has 27 heavy (non-hydrogen) atoms. The van der Waals surface area contributed by atoms with Crippen LogP contribution in [0.25, 0.3) is 0 Å². The first-order valence-corrected chi connectivity index (χ1v) is 8.91. The number of methoxy groups -OCH3 is 2. The molecule has 0 bridgehead atoms. The zero-order chi connectivity index (χ0) is 19.4. The molecule has 2 atom stereocenters. The average Bonchev–Trinajstić information content (AvgIpc) is 3.09. The molecular formula is C21H24N2O4. The number of carbonyl (C=O) groups is 2. The molecule has 1 aliphatic rings. The number of rotatable bonds is 6. The van der Waals surface area contributed by atoms with E-state index >= 15 is 0 Å². The molecule has 0 unspecified atom stereocenters.